The van der Waals surface area contributed by atoms with Crippen molar-refractivity contribution in [2.45, 2.75) is 6.92 Å². The highest BCUT2D eigenvalue weighted by Gasteiger charge is 2.08. The molecule has 3 aromatic rings. The zero-order valence-corrected chi connectivity index (χ0v) is 13.2. The molecule has 0 aromatic carbocycles. The zero-order valence-electron chi connectivity index (χ0n) is 13.2. The molecular formula is C18H16N6. The molecule has 0 spiro atoms. The number of aromatic nitrogens is 3. The second-order valence-corrected chi connectivity index (χ2v) is 5.08. The summed E-state index contributed by atoms with van der Waals surface area (Å²) in [5.74, 6) is 0. The van der Waals surface area contributed by atoms with E-state index >= 15 is 0 Å². The van der Waals surface area contributed by atoms with Crippen molar-refractivity contribution in [1.82, 2.24) is 14.4 Å². The van der Waals surface area contributed by atoms with Crippen molar-refractivity contribution in [3.8, 4) is 17.3 Å². The number of nitriles is 1. The molecule has 3 aromatic heterocycles. The standard InChI is InChI=1S/C18H16N6/c1-2-21-10-15(8-19)13-5-6-24-17(12-23-18(24)7-13)14-3-4-16(9-20)22-11-14/h3-8,10-12H,2,19H2,1H3/b15-8+,21-10?. The van der Waals surface area contributed by atoms with Gasteiger partial charge in [0.05, 0.1) is 11.9 Å². The van der Waals surface area contributed by atoms with Crippen molar-refractivity contribution in [2.24, 2.45) is 10.7 Å². The summed E-state index contributed by atoms with van der Waals surface area (Å²) in [6.45, 7) is 2.68. The fourth-order valence-corrected chi connectivity index (χ4v) is 2.39. The first-order valence-corrected chi connectivity index (χ1v) is 7.52. The Balaban J connectivity index is 2.02. The van der Waals surface area contributed by atoms with Gasteiger partial charge in [-0.3, -0.25) is 9.39 Å². The van der Waals surface area contributed by atoms with E-state index in [0.29, 0.717) is 12.2 Å². The Morgan fingerprint density at radius 3 is 2.88 bits per heavy atom. The lowest BCUT2D eigenvalue weighted by Gasteiger charge is -2.05. The van der Waals surface area contributed by atoms with Gasteiger partial charge in [0, 0.05) is 42.5 Å². The molecule has 0 saturated carbocycles. The molecule has 0 aliphatic carbocycles. The topological polar surface area (TPSA) is 92.4 Å². The molecule has 0 unspecified atom stereocenters. The Kier molecular flexibility index (Phi) is 4.34. The highest BCUT2D eigenvalue weighted by Crippen LogP contribution is 2.22. The quantitative estimate of drug-likeness (QED) is 0.749. The molecule has 0 aliphatic heterocycles. The number of nitrogens with two attached hydrogens (primary N) is 1. The molecule has 118 valence electrons. The van der Waals surface area contributed by atoms with Gasteiger partial charge in [0.15, 0.2) is 0 Å². The summed E-state index contributed by atoms with van der Waals surface area (Å²) in [6.07, 6.45) is 8.71. The highest BCUT2D eigenvalue weighted by molar-refractivity contribution is 6.09. The van der Waals surface area contributed by atoms with Gasteiger partial charge in [0.1, 0.15) is 17.4 Å². The van der Waals surface area contributed by atoms with Gasteiger partial charge in [-0.05, 0) is 36.8 Å². The van der Waals surface area contributed by atoms with Crippen molar-refractivity contribution < 1.29 is 0 Å². The second-order valence-electron chi connectivity index (χ2n) is 5.08. The number of hydrogen-bond acceptors (Lipinski definition) is 5. The Morgan fingerprint density at radius 1 is 1.33 bits per heavy atom. The largest absolute Gasteiger partial charge is 0.404 e. The summed E-state index contributed by atoms with van der Waals surface area (Å²) >= 11 is 0. The van der Waals surface area contributed by atoms with E-state index in [-0.39, 0.29) is 0 Å². The molecule has 0 radical (unpaired) electrons. The minimum Gasteiger partial charge on any atom is -0.404 e. The Morgan fingerprint density at radius 2 is 2.21 bits per heavy atom. The van der Waals surface area contributed by atoms with Crippen LogP contribution in [0.15, 0.2) is 54.0 Å². The van der Waals surface area contributed by atoms with E-state index in [9.17, 15) is 0 Å². The van der Waals surface area contributed by atoms with Gasteiger partial charge in [0.2, 0.25) is 0 Å². The van der Waals surface area contributed by atoms with Crippen LogP contribution in [0.3, 0.4) is 0 Å². The first-order chi connectivity index (χ1) is 11.8. The minimum absolute atomic E-state index is 0.391. The van der Waals surface area contributed by atoms with Gasteiger partial charge < -0.3 is 5.73 Å². The van der Waals surface area contributed by atoms with Crippen LogP contribution in [0.5, 0.6) is 0 Å². The van der Waals surface area contributed by atoms with Crippen LogP contribution in [0.2, 0.25) is 0 Å². The predicted molar refractivity (Wildman–Crippen MR) is 94.3 cm³/mol. The van der Waals surface area contributed by atoms with Gasteiger partial charge in [-0.25, -0.2) is 9.97 Å². The molecule has 2 N–H and O–H groups in total. The molecule has 3 rings (SSSR count). The molecule has 0 aliphatic rings. The van der Waals surface area contributed by atoms with Gasteiger partial charge in [0.25, 0.3) is 0 Å². The van der Waals surface area contributed by atoms with Crippen LogP contribution in [-0.4, -0.2) is 27.1 Å². The van der Waals surface area contributed by atoms with Crippen LogP contribution >= 0.6 is 0 Å². The summed E-state index contributed by atoms with van der Waals surface area (Å²) in [6, 6.07) is 9.50. The molecule has 0 amide bonds. The average Bonchev–Trinajstić information content (AvgIpc) is 3.06. The minimum atomic E-state index is 0.391. The van der Waals surface area contributed by atoms with Crippen LogP contribution in [0.25, 0.3) is 22.5 Å². The molecule has 0 fully saturated rings. The molecule has 24 heavy (non-hydrogen) atoms. The summed E-state index contributed by atoms with van der Waals surface area (Å²) in [5, 5.41) is 8.84. The zero-order chi connectivity index (χ0) is 16.9. The predicted octanol–water partition coefficient (Wildman–Crippen LogP) is 2.66. The maximum Gasteiger partial charge on any atom is 0.140 e. The van der Waals surface area contributed by atoms with Crippen LogP contribution in [0.4, 0.5) is 0 Å². The molecule has 6 heteroatoms. The molecule has 0 bridgehead atoms. The SMILES string of the molecule is CCN=C/C(=C\N)c1ccn2c(-c3ccc(C#N)nc3)cnc2c1. The normalized spacial score (nSPS) is 11.9. The first-order valence-electron chi connectivity index (χ1n) is 7.52. The third kappa shape index (κ3) is 2.88. The maximum absolute atomic E-state index is 8.84. The Hall–Kier alpha value is -3.46. The van der Waals surface area contributed by atoms with Crippen molar-refractivity contribution in [3.63, 3.8) is 0 Å². The van der Waals surface area contributed by atoms with E-state index in [4.69, 9.17) is 11.0 Å². The number of imidazole rings is 1. The van der Waals surface area contributed by atoms with E-state index in [1.54, 1.807) is 30.9 Å². The number of allylic oxidation sites excluding steroid dienone is 1. The molecule has 6 nitrogen and oxygen atoms in total. The van der Waals surface area contributed by atoms with Crippen LogP contribution in [-0.2, 0) is 0 Å². The lowest BCUT2D eigenvalue weighted by molar-refractivity contribution is 1.14. The number of pyridine rings is 2. The lowest BCUT2D eigenvalue weighted by atomic mass is 10.1. The molecule has 3 heterocycles. The molecule has 0 saturated heterocycles. The fourth-order valence-electron chi connectivity index (χ4n) is 2.39. The number of nitrogens with zero attached hydrogens (tertiary/aromatic N) is 5. The van der Waals surface area contributed by atoms with E-state index in [0.717, 1.165) is 28.0 Å². The van der Waals surface area contributed by atoms with E-state index in [1.807, 2.05) is 41.8 Å². The van der Waals surface area contributed by atoms with Crippen LogP contribution in [0, 0.1) is 11.3 Å². The van der Waals surface area contributed by atoms with Crippen molar-refractivity contribution >= 4 is 17.4 Å². The Bertz CT molecular complexity index is 957. The first kappa shape index (κ1) is 15.4. The average molecular weight is 316 g/mol. The van der Waals surface area contributed by atoms with Gasteiger partial charge >= 0.3 is 0 Å². The fraction of sp³-hybridized carbons (Fsp3) is 0.111. The van der Waals surface area contributed by atoms with Gasteiger partial charge in [-0.1, -0.05) is 0 Å². The number of rotatable bonds is 4. The summed E-state index contributed by atoms with van der Waals surface area (Å²) in [5.41, 5.74) is 10.5. The number of hydrogen-bond donors (Lipinski definition) is 1. The summed E-state index contributed by atoms with van der Waals surface area (Å²) in [7, 11) is 0. The van der Waals surface area contributed by atoms with Crippen LogP contribution in [0.1, 0.15) is 18.2 Å². The van der Waals surface area contributed by atoms with Crippen LogP contribution < -0.4 is 5.73 Å². The van der Waals surface area contributed by atoms with E-state index in [1.165, 1.54) is 0 Å². The Labute approximate surface area is 139 Å². The highest BCUT2D eigenvalue weighted by atomic mass is 15.0. The maximum atomic E-state index is 8.84. The third-order valence-corrected chi connectivity index (χ3v) is 3.61. The van der Waals surface area contributed by atoms with Crippen molar-refractivity contribution in [1.29, 1.82) is 5.26 Å². The third-order valence-electron chi connectivity index (χ3n) is 3.61. The second kappa shape index (κ2) is 6.75. The molecular weight excluding hydrogens is 300 g/mol. The van der Waals surface area contributed by atoms with E-state index in [2.05, 4.69) is 15.0 Å². The lowest BCUT2D eigenvalue weighted by Crippen LogP contribution is -1.95. The van der Waals surface area contributed by atoms with Gasteiger partial charge in [-0.15, -0.1) is 0 Å². The monoisotopic (exact) mass is 316 g/mol. The van der Waals surface area contributed by atoms with Crippen molar-refractivity contribution in [3.05, 3.63) is 60.3 Å². The van der Waals surface area contributed by atoms with E-state index < -0.39 is 0 Å². The summed E-state index contributed by atoms with van der Waals surface area (Å²) in [4.78, 5) is 12.8. The number of fused-ring (bicyclic) bond motifs is 1. The summed E-state index contributed by atoms with van der Waals surface area (Å²) < 4.78 is 1.97. The van der Waals surface area contributed by atoms with Crippen molar-refractivity contribution in [2.75, 3.05) is 6.54 Å². The van der Waals surface area contributed by atoms with Gasteiger partial charge in [-0.2, -0.15) is 5.26 Å². The number of aliphatic imine (C=N–C) groups is 1. The molecule has 0 atom stereocenters. The smallest absolute Gasteiger partial charge is 0.140 e.